The summed E-state index contributed by atoms with van der Waals surface area (Å²) >= 11 is 0. The van der Waals surface area contributed by atoms with Gasteiger partial charge in [0.05, 0.1) is 0 Å². The smallest absolute Gasteiger partial charge is 0.224 e. The zero-order chi connectivity index (χ0) is 13.5. The van der Waals surface area contributed by atoms with E-state index < -0.39 is 0 Å². The lowest BCUT2D eigenvalue weighted by molar-refractivity contribution is -0.124. The molecule has 0 aromatic carbocycles. The van der Waals surface area contributed by atoms with Crippen LogP contribution < -0.4 is 10.6 Å². The van der Waals surface area contributed by atoms with E-state index in [1.165, 1.54) is 13.0 Å². The predicted octanol–water partition coefficient (Wildman–Crippen LogP) is 1.08. The minimum Gasteiger partial charge on any atom is -0.356 e. The second-order valence-electron chi connectivity index (χ2n) is 5.70. The molecule has 0 spiro atoms. The van der Waals surface area contributed by atoms with E-state index in [4.69, 9.17) is 0 Å². The molecule has 2 atom stereocenters. The molecule has 0 aliphatic carbocycles. The Morgan fingerprint density at radius 2 is 2.11 bits per heavy atom. The van der Waals surface area contributed by atoms with Gasteiger partial charge >= 0.3 is 0 Å². The standard InChI is InChI=1S/C14H29N3O/c1-5-15-8-12(4)14(18)16-9-13-6-7-17(10-13)11(2)3/h11-13,15H,5-10H2,1-4H3,(H,16,18). The molecular formula is C14H29N3O. The van der Waals surface area contributed by atoms with Crippen molar-refractivity contribution in [2.75, 3.05) is 32.7 Å². The minimum absolute atomic E-state index is 0.0626. The second-order valence-corrected chi connectivity index (χ2v) is 5.70. The van der Waals surface area contributed by atoms with Crippen LogP contribution in [-0.4, -0.2) is 49.6 Å². The van der Waals surface area contributed by atoms with E-state index in [1.807, 2.05) is 6.92 Å². The predicted molar refractivity (Wildman–Crippen MR) is 75.5 cm³/mol. The van der Waals surface area contributed by atoms with Gasteiger partial charge in [0.2, 0.25) is 5.91 Å². The number of nitrogens with one attached hydrogen (secondary N) is 2. The number of amides is 1. The average Bonchev–Trinajstić information content (AvgIpc) is 2.81. The van der Waals surface area contributed by atoms with E-state index in [0.29, 0.717) is 12.0 Å². The van der Waals surface area contributed by atoms with Gasteiger partial charge in [-0.1, -0.05) is 13.8 Å². The number of nitrogens with zero attached hydrogens (tertiary/aromatic N) is 1. The molecule has 4 nitrogen and oxygen atoms in total. The van der Waals surface area contributed by atoms with Gasteiger partial charge in [0, 0.05) is 31.6 Å². The molecule has 4 heteroatoms. The first-order valence-corrected chi connectivity index (χ1v) is 7.27. The fourth-order valence-corrected chi connectivity index (χ4v) is 2.37. The van der Waals surface area contributed by atoms with Gasteiger partial charge in [0.15, 0.2) is 0 Å². The van der Waals surface area contributed by atoms with Crippen molar-refractivity contribution in [2.24, 2.45) is 11.8 Å². The third-order valence-corrected chi connectivity index (χ3v) is 3.76. The third kappa shape index (κ3) is 4.94. The van der Waals surface area contributed by atoms with Crippen LogP contribution in [-0.2, 0) is 4.79 Å². The van der Waals surface area contributed by atoms with Crippen LogP contribution in [0.4, 0.5) is 0 Å². The summed E-state index contributed by atoms with van der Waals surface area (Å²) < 4.78 is 0. The highest BCUT2D eigenvalue weighted by molar-refractivity contribution is 5.78. The lowest BCUT2D eigenvalue weighted by atomic mass is 10.1. The van der Waals surface area contributed by atoms with E-state index in [-0.39, 0.29) is 11.8 Å². The molecule has 0 radical (unpaired) electrons. The minimum atomic E-state index is 0.0626. The first-order chi connectivity index (χ1) is 8.54. The van der Waals surface area contributed by atoms with E-state index in [2.05, 4.69) is 36.3 Å². The van der Waals surface area contributed by atoms with Crippen LogP contribution in [0.5, 0.6) is 0 Å². The molecule has 0 saturated carbocycles. The lowest BCUT2D eigenvalue weighted by Gasteiger charge is -2.20. The number of hydrogen-bond acceptors (Lipinski definition) is 3. The monoisotopic (exact) mass is 255 g/mol. The van der Waals surface area contributed by atoms with Gasteiger partial charge in [-0.3, -0.25) is 4.79 Å². The summed E-state index contributed by atoms with van der Waals surface area (Å²) in [4.78, 5) is 14.3. The van der Waals surface area contributed by atoms with Gasteiger partial charge in [0.25, 0.3) is 0 Å². The Kier molecular flexibility index (Phi) is 6.65. The Labute approximate surface area is 111 Å². The maximum absolute atomic E-state index is 11.9. The number of carbonyl (C=O) groups is 1. The van der Waals surface area contributed by atoms with Crippen LogP contribution >= 0.6 is 0 Å². The van der Waals surface area contributed by atoms with Crippen LogP contribution in [0.3, 0.4) is 0 Å². The number of rotatable bonds is 7. The highest BCUT2D eigenvalue weighted by Gasteiger charge is 2.24. The number of hydrogen-bond donors (Lipinski definition) is 2. The van der Waals surface area contributed by atoms with Crippen LogP contribution in [0.25, 0.3) is 0 Å². The zero-order valence-electron chi connectivity index (χ0n) is 12.3. The highest BCUT2D eigenvalue weighted by Crippen LogP contribution is 2.17. The van der Waals surface area contributed by atoms with E-state index in [1.54, 1.807) is 0 Å². The van der Waals surface area contributed by atoms with Crippen molar-refractivity contribution < 1.29 is 4.79 Å². The zero-order valence-corrected chi connectivity index (χ0v) is 12.3. The molecule has 2 unspecified atom stereocenters. The van der Waals surface area contributed by atoms with Crippen molar-refractivity contribution in [3.05, 3.63) is 0 Å². The summed E-state index contributed by atoms with van der Waals surface area (Å²) in [5.41, 5.74) is 0. The van der Waals surface area contributed by atoms with Crippen molar-refractivity contribution in [2.45, 2.75) is 40.2 Å². The number of carbonyl (C=O) groups excluding carboxylic acids is 1. The molecule has 1 amide bonds. The van der Waals surface area contributed by atoms with Crippen LogP contribution in [0.2, 0.25) is 0 Å². The van der Waals surface area contributed by atoms with Crippen molar-refractivity contribution in [3.63, 3.8) is 0 Å². The Hall–Kier alpha value is -0.610. The Balaban J connectivity index is 2.19. The lowest BCUT2D eigenvalue weighted by Crippen LogP contribution is -2.38. The van der Waals surface area contributed by atoms with E-state index in [0.717, 1.165) is 26.2 Å². The maximum atomic E-state index is 11.9. The molecule has 106 valence electrons. The molecule has 1 heterocycles. The molecule has 0 aromatic heterocycles. The van der Waals surface area contributed by atoms with Gasteiger partial charge in [-0.25, -0.2) is 0 Å². The average molecular weight is 255 g/mol. The van der Waals surface area contributed by atoms with Crippen molar-refractivity contribution in [3.8, 4) is 0 Å². The molecule has 1 fully saturated rings. The Bertz CT molecular complexity index is 255. The van der Waals surface area contributed by atoms with Crippen molar-refractivity contribution in [1.29, 1.82) is 0 Å². The van der Waals surface area contributed by atoms with Crippen LogP contribution in [0, 0.1) is 11.8 Å². The quantitative estimate of drug-likeness (QED) is 0.715. The van der Waals surface area contributed by atoms with Crippen LogP contribution in [0.15, 0.2) is 0 Å². The largest absolute Gasteiger partial charge is 0.356 e. The Morgan fingerprint density at radius 3 is 2.67 bits per heavy atom. The summed E-state index contributed by atoms with van der Waals surface area (Å²) in [6.45, 7) is 13.3. The SMILES string of the molecule is CCNCC(C)C(=O)NCC1CCN(C(C)C)C1. The summed E-state index contributed by atoms with van der Waals surface area (Å²) in [7, 11) is 0. The Morgan fingerprint density at radius 1 is 1.39 bits per heavy atom. The van der Waals surface area contributed by atoms with Crippen molar-refractivity contribution in [1.82, 2.24) is 15.5 Å². The van der Waals surface area contributed by atoms with Gasteiger partial charge in [-0.2, -0.15) is 0 Å². The van der Waals surface area contributed by atoms with Crippen molar-refractivity contribution >= 4 is 5.91 Å². The summed E-state index contributed by atoms with van der Waals surface area (Å²) in [5, 5.41) is 6.30. The molecular weight excluding hydrogens is 226 g/mol. The molecule has 1 aliphatic heterocycles. The second kappa shape index (κ2) is 7.74. The van der Waals surface area contributed by atoms with Gasteiger partial charge < -0.3 is 15.5 Å². The molecule has 1 aliphatic rings. The molecule has 0 bridgehead atoms. The van der Waals surface area contributed by atoms with Gasteiger partial charge in [-0.15, -0.1) is 0 Å². The molecule has 2 N–H and O–H groups in total. The molecule has 1 saturated heterocycles. The normalized spacial score (nSPS) is 22.4. The topological polar surface area (TPSA) is 44.4 Å². The molecule has 1 rings (SSSR count). The maximum Gasteiger partial charge on any atom is 0.224 e. The summed E-state index contributed by atoms with van der Waals surface area (Å²) in [5.74, 6) is 0.870. The molecule has 0 aromatic rings. The summed E-state index contributed by atoms with van der Waals surface area (Å²) in [6.07, 6.45) is 1.21. The molecule has 18 heavy (non-hydrogen) atoms. The van der Waals surface area contributed by atoms with E-state index >= 15 is 0 Å². The van der Waals surface area contributed by atoms with E-state index in [9.17, 15) is 4.79 Å². The highest BCUT2D eigenvalue weighted by atomic mass is 16.1. The first kappa shape index (κ1) is 15.4. The number of likely N-dealkylation sites (tertiary alicyclic amines) is 1. The van der Waals surface area contributed by atoms with Gasteiger partial charge in [0.1, 0.15) is 0 Å². The third-order valence-electron chi connectivity index (χ3n) is 3.76. The summed E-state index contributed by atoms with van der Waals surface area (Å²) in [6, 6.07) is 0.623. The first-order valence-electron chi connectivity index (χ1n) is 7.27. The fraction of sp³-hybridized carbons (Fsp3) is 0.929. The van der Waals surface area contributed by atoms with Gasteiger partial charge in [-0.05, 0) is 39.3 Å². The van der Waals surface area contributed by atoms with Crippen LogP contribution in [0.1, 0.15) is 34.1 Å². The fourth-order valence-electron chi connectivity index (χ4n) is 2.37.